The molecule has 0 aliphatic carbocycles. The van der Waals surface area contributed by atoms with Gasteiger partial charge in [-0.05, 0) is 30.3 Å². The second-order valence-corrected chi connectivity index (χ2v) is 7.05. The van der Waals surface area contributed by atoms with Crippen LogP contribution in [0.25, 0.3) is 11.6 Å². The molecule has 3 rings (SSSR count). The molecule has 0 spiro atoms. The van der Waals surface area contributed by atoms with Crippen molar-refractivity contribution in [1.82, 2.24) is 20.0 Å². The van der Waals surface area contributed by atoms with Crippen molar-refractivity contribution >= 4 is 21.8 Å². The van der Waals surface area contributed by atoms with Crippen molar-refractivity contribution in [2.24, 2.45) is 7.05 Å². The van der Waals surface area contributed by atoms with Crippen molar-refractivity contribution in [2.75, 3.05) is 11.6 Å². The molecule has 1 amide bonds. The highest BCUT2D eigenvalue weighted by Crippen LogP contribution is 2.18. The third kappa shape index (κ3) is 3.33. The van der Waals surface area contributed by atoms with E-state index in [1.807, 2.05) is 0 Å². The summed E-state index contributed by atoms with van der Waals surface area (Å²) in [5, 5.41) is 14.1. The topological polar surface area (TPSA) is 120 Å². The summed E-state index contributed by atoms with van der Waals surface area (Å²) in [7, 11) is -1.56. The fraction of sp³-hybridized carbons (Fsp3) is 0.143. The average molecular weight is 347 g/mol. The number of nitrogens with zero attached hydrogens (tertiary/aromatic N) is 4. The minimum atomic E-state index is -3.31. The molecule has 0 saturated heterocycles. The van der Waals surface area contributed by atoms with E-state index in [-0.39, 0.29) is 22.4 Å². The molecule has 0 unspecified atom stereocenters. The van der Waals surface area contributed by atoms with Gasteiger partial charge in [0.25, 0.3) is 11.8 Å². The molecule has 0 saturated carbocycles. The molecule has 24 heavy (non-hydrogen) atoms. The summed E-state index contributed by atoms with van der Waals surface area (Å²) in [5.41, 5.74) is 0.753. The molecule has 0 bridgehead atoms. The number of aromatic nitrogens is 4. The van der Waals surface area contributed by atoms with E-state index < -0.39 is 15.7 Å². The van der Waals surface area contributed by atoms with Crippen LogP contribution < -0.4 is 5.32 Å². The van der Waals surface area contributed by atoms with Crippen LogP contribution in [0.4, 0.5) is 6.01 Å². The van der Waals surface area contributed by atoms with E-state index in [1.54, 1.807) is 24.0 Å². The van der Waals surface area contributed by atoms with Crippen molar-refractivity contribution in [3.05, 3.63) is 42.1 Å². The van der Waals surface area contributed by atoms with Gasteiger partial charge in [-0.25, -0.2) is 8.42 Å². The quantitative estimate of drug-likeness (QED) is 0.751. The minimum Gasteiger partial charge on any atom is -0.401 e. The number of hydrogen-bond donors (Lipinski definition) is 1. The van der Waals surface area contributed by atoms with Crippen molar-refractivity contribution in [3.63, 3.8) is 0 Å². The van der Waals surface area contributed by atoms with Crippen LogP contribution in [0.2, 0.25) is 0 Å². The monoisotopic (exact) mass is 347 g/mol. The molecule has 1 N–H and O–H groups in total. The Labute approximate surface area is 137 Å². The molecule has 2 aromatic heterocycles. The van der Waals surface area contributed by atoms with Gasteiger partial charge in [0.15, 0.2) is 9.84 Å². The Hall–Kier alpha value is -3.01. The molecule has 0 aliphatic heterocycles. The summed E-state index contributed by atoms with van der Waals surface area (Å²) in [6, 6.07) is 7.15. The Kier molecular flexibility index (Phi) is 3.89. The maximum absolute atomic E-state index is 12.1. The van der Waals surface area contributed by atoms with Crippen LogP contribution >= 0.6 is 0 Å². The lowest BCUT2D eigenvalue weighted by Gasteiger charge is -2.02. The summed E-state index contributed by atoms with van der Waals surface area (Å²) in [6.45, 7) is 0. The van der Waals surface area contributed by atoms with E-state index in [9.17, 15) is 13.2 Å². The first-order valence-corrected chi connectivity index (χ1v) is 8.67. The lowest BCUT2D eigenvalue weighted by atomic mass is 10.2. The molecule has 9 nitrogen and oxygen atoms in total. The number of rotatable bonds is 4. The third-order valence-corrected chi connectivity index (χ3v) is 4.25. The highest BCUT2D eigenvalue weighted by molar-refractivity contribution is 7.90. The van der Waals surface area contributed by atoms with Gasteiger partial charge in [0, 0.05) is 25.1 Å². The minimum absolute atomic E-state index is 0.0761. The first-order chi connectivity index (χ1) is 11.3. The summed E-state index contributed by atoms with van der Waals surface area (Å²) < 4.78 is 29.7. The lowest BCUT2D eigenvalue weighted by molar-refractivity contribution is 0.102. The van der Waals surface area contributed by atoms with E-state index >= 15 is 0 Å². The molecular formula is C14H13N5O4S. The molecule has 0 atom stereocenters. The van der Waals surface area contributed by atoms with Crippen LogP contribution in [0.3, 0.4) is 0 Å². The summed E-state index contributed by atoms with van der Waals surface area (Å²) in [5.74, 6) is -0.315. The largest absolute Gasteiger partial charge is 0.401 e. The zero-order valence-corrected chi connectivity index (χ0v) is 13.6. The molecular weight excluding hydrogens is 334 g/mol. The molecule has 124 valence electrons. The third-order valence-electron chi connectivity index (χ3n) is 3.12. The van der Waals surface area contributed by atoms with E-state index in [4.69, 9.17) is 4.42 Å². The lowest BCUT2D eigenvalue weighted by Crippen LogP contribution is -2.12. The fourth-order valence-electron chi connectivity index (χ4n) is 1.93. The predicted molar refractivity (Wildman–Crippen MR) is 84.0 cm³/mol. The first kappa shape index (κ1) is 15.9. The number of aryl methyl sites for hydroxylation is 1. The summed E-state index contributed by atoms with van der Waals surface area (Å²) >= 11 is 0. The highest BCUT2D eigenvalue weighted by Gasteiger charge is 2.15. The second-order valence-electron chi connectivity index (χ2n) is 5.04. The molecule has 3 aromatic rings. The summed E-state index contributed by atoms with van der Waals surface area (Å²) in [4.78, 5) is 12.3. The maximum atomic E-state index is 12.1. The molecule has 0 aliphatic rings. The van der Waals surface area contributed by atoms with E-state index in [1.165, 1.54) is 24.3 Å². The molecule has 0 fully saturated rings. The number of carbonyl (C=O) groups excluding carboxylic acids is 1. The Morgan fingerprint density at radius 1 is 1.17 bits per heavy atom. The van der Waals surface area contributed by atoms with Crippen molar-refractivity contribution in [2.45, 2.75) is 4.90 Å². The first-order valence-electron chi connectivity index (χ1n) is 6.78. The van der Waals surface area contributed by atoms with Gasteiger partial charge in [0.05, 0.1) is 4.90 Å². The van der Waals surface area contributed by atoms with Gasteiger partial charge in [0.2, 0.25) is 0 Å². The SMILES string of the molecule is Cn1ccc(-c2nnc(NC(=O)c3ccc(S(C)(=O)=O)cc3)o2)n1. The van der Waals surface area contributed by atoms with Crippen LogP contribution in [0.1, 0.15) is 10.4 Å². The molecule has 0 radical (unpaired) electrons. The number of sulfone groups is 1. The Morgan fingerprint density at radius 2 is 1.88 bits per heavy atom. The standard InChI is InChI=1S/C14H13N5O4S/c1-19-8-7-11(18-19)13-16-17-14(23-13)15-12(20)9-3-5-10(6-4-9)24(2,21)22/h3-8H,1-2H3,(H,15,17,20). The van der Waals surface area contributed by atoms with Crippen LogP contribution in [-0.2, 0) is 16.9 Å². The van der Waals surface area contributed by atoms with Gasteiger partial charge < -0.3 is 4.42 Å². The van der Waals surface area contributed by atoms with Gasteiger partial charge in [0.1, 0.15) is 5.69 Å². The van der Waals surface area contributed by atoms with Gasteiger partial charge in [-0.1, -0.05) is 5.10 Å². The normalized spacial score (nSPS) is 11.4. The van der Waals surface area contributed by atoms with Crippen molar-refractivity contribution in [1.29, 1.82) is 0 Å². The number of carbonyl (C=O) groups is 1. The zero-order valence-electron chi connectivity index (χ0n) is 12.8. The zero-order chi connectivity index (χ0) is 17.3. The Morgan fingerprint density at radius 3 is 2.46 bits per heavy atom. The van der Waals surface area contributed by atoms with Crippen molar-refractivity contribution in [3.8, 4) is 11.6 Å². The van der Waals surface area contributed by atoms with Crippen molar-refractivity contribution < 1.29 is 17.6 Å². The number of hydrogen-bond acceptors (Lipinski definition) is 7. The van der Waals surface area contributed by atoms with Crippen LogP contribution in [0.5, 0.6) is 0 Å². The number of anilines is 1. The average Bonchev–Trinajstić information content (AvgIpc) is 3.15. The Balaban J connectivity index is 1.74. The Bertz CT molecular complexity index is 988. The second kappa shape index (κ2) is 5.89. The summed E-state index contributed by atoms with van der Waals surface area (Å²) in [6.07, 6.45) is 2.82. The smallest absolute Gasteiger partial charge is 0.322 e. The van der Waals surface area contributed by atoms with Crippen LogP contribution in [0.15, 0.2) is 45.8 Å². The van der Waals surface area contributed by atoms with Crippen LogP contribution in [-0.4, -0.2) is 40.6 Å². The van der Waals surface area contributed by atoms with Gasteiger partial charge >= 0.3 is 6.01 Å². The van der Waals surface area contributed by atoms with Gasteiger partial charge in [-0.3, -0.25) is 14.8 Å². The van der Waals surface area contributed by atoms with E-state index in [0.29, 0.717) is 5.69 Å². The van der Waals surface area contributed by atoms with Gasteiger partial charge in [-0.15, -0.1) is 5.10 Å². The highest BCUT2D eigenvalue weighted by atomic mass is 32.2. The van der Waals surface area contributed by atoms with E-state index in [0.717, 1.165) is 6.26 Å². The van der Waals surface area contributed by atoms with Gasteiger partial charge in [-0.2, -0.15) is 5.10 Å². The number of amides is 1. The molecule has 2 heterocycles. The predicted octanol–water partition coefficient (Wildman–Crippen LogP) is 1.13. The van der Waals surface area contributed by atoms with Crippen LogP contribution in [0, 0.1) is 0 Å². The molecule has 1 aromatic carbocycles. The molecule has 10 heteroatoms. The number of nitrogens with one attached hydrogen (secondary N) is 1. The van der Waals surface area contributed by atoms with E-state index in [2.05, 4.69) is 20.6 Å². The fourth-order valence-corrected chi connectivity index (χ4v) is 2.56. The number of benzene rings is 1. The maximum Gasteiger partial charge on any atom is 0.322 e.